The summed E-state index contributed by atoms with van der Waals surface area (Å²) in [6.07, 6.45) is 1.13. The molecular formula is C21H27N3O3. The number of carbonyl (C=O) groups is 2. The quantitative estimate of drug-likeness (QED) is 0.904. The molecule has 3 heterocycles. The van der Waals surface area contributed by atoms with Gasteiger partial charge in [0.2, 0.25) is 11.8 Å². The number of rotatable bonds is 3. The van der Waals surface area contributed by atoms with E-state index < -0.39 is 0 Å². The number of H-pyrrole nitrogens is 1. The second-order valence-corrected chi connectivity index (χ2v) is 7.95. The summed E-state index contributed by atoms with van der Waals surface area (Å²) in [4.78, 5) is 32.7. The van der Waals surface area contributed by atoms with Gasteiger partial charge in [-0.25, -0.2) is 0 Å². The van der Waals surface area contributed by atoms with Crippen molar-refractivity contribution in [2.24, 2.45) is 5.92 Å². The van der Waals surface area contributed by atoms with Gasteiger partial charge in [0.05, 0.1) is 13.0 Å². The number of hydrogen-bond acceptors (Lipinski definition) is 3. The average Bonchev–Trinajstić information content (AvgIpc) is 3.09. The molecule has 1 atom stereocenters. The lowest BCUT2D eigenvalue weighted by molar-refractivity contribution is -0.136. The van der Waals surface area contributed by atoms with Crippen molar-refractivity contribution in [3.05, 3.63) is 29.0 Å². The maximum absolute atomic E-state index is 13.2. The lowest BCUT2D eigenvalue weighted by atomic mass is 10.0. The van der Waals surface area contributed by atoms with E-state index >= 15 is 0 Å². The van der Waals surface area contributed by atoms with Gasteiger partial charge in [0.15, 0.2) is 0 Å². The van der Waals surface area contributed by atoms with E-state index in [0.29, 0.717) is 26.1 Å². The molecule has 0 spiro atoms. The number of nitrogens with zero attached hydrogens (tertiary/aromatic N) is 2. The molecular weight excluding hydrogens is 342 g/mol. The van der Waals surface area contributed by atoms with E-state index in [-0.39, 0.29) is 23.8 Å². The Morgan fingerprint density at radius 1 is 1.30 bits per heavy atom. The molecule has 6 nitrogen and oxygen atoms in total. The molecule has 2 aliphatic rings. The van der Waals surface area contributed by atoms with Gasteiger partial charge in [-0.2, -0.15) is 0 Å². The van der Waals surface area contributed by atoms with Crippen LogP contribution in [0.25, 0.3) is 10.9 Å². The van der Waals surface area contributed by atoms with Gasteiger partial charge in [-0.3, -0.25) is 9.59 Å². The summed E-state index contributed by atoms with van der Waals surface area (Å²) in [6, 6.07) is 4.14. The molecule has 0 saturated carbocycles. The van der Waals surface area contributed by atoms with Crippen LogP contribution < -0.4 is 4.74 Å². The highest BCUT2D eigenvalue weighted by Gasteiger charge is 2.38. The maximum Gasteiger partial charge on any atom is 0.228 e. The number of aromatic amines is 1. The normalized spacial score (nSPS) is 19.9. The lowest BCUT2D eigenvalue weighted by Gasteiger charge is -2.26. The van der Waals surface area contributed by atoms with Crippen LogP contribution in [0, 0.1) is 12.8 Å². The zero-order chi connectivity index (χ0) is 19.3. The van der Waals surface area contributed by atoms with Crippen LogP contribution in [0.3, 0.4) is 0 Å². The first-order chi connectivity index (χ1) is 12.9. The molecule has 1 aromatic heterocycles. The summed E-state index contributed by atoms with van der Waals surface area (Å²) >= 11 is 0. The predicted molar refractivity (Wildman–Crippen MR) is 104 cm³/mol. The second-order valence-electron chi connectivity index (χ2n) is 7.95. The van der Waals surface area contributed by atoms with Gasteiger partial charge in [0.1, 0.15) is 5.75 Å². The number of aromatic nitrogens is 1. The Hall–Kier alpha value is -2.50. The van der Waals surface area contributed by atoms with Gasteiger partial charge in [0.25, 0.3) is 0 Å². The maximum atomic E-state index is 13.2. The van der Waals surface area contributed by atoms with Crippen LogP contribution in [-0.4, -0.2) is 52.8 Å². The smallest absolute Gasteiger partial charge is 0.228 e. The highest BCUT2D eigenvalue weighted by molar-refractivity contribution is 5.92. The molecule has 2 aliphatic heterocycles. The number of aryl methyl sites for hydroxylation is 1. The summed E-state index contributed by atoms with van der Waals surface area (Å²) < 4.78 is 5.60. The SMILES string of the molecule is COc1ccc2[nH]c(C)c3c2c1CN(C(=O)C1CC(=O)N(C(C)C)C1)CC3. The molecule has 1 saturated heterocycles. The van der Waals surface area contributed by atoms with Crippen LogP contribution in [0.1, 0.15) is 37.1 Å². The Kier molecular flexibility index (Phi) is 4.36. The number of nitrogens with one attached hydrogen (secondary N) is 1. The minimum absolute atomic E-state index is 0.0809. The number of hydrogen-bond donors (Lipinski definition) is 1. The van der Waals surface area contributed by atoms with Crippen LogP contribution >= 0.6 is 0 Å². The Labute approximate surface area is 159 Å². The number of likely N-dealkylation sites (tertiary alicyclic amines) is 1. The minimum Gasteiger partial charge on any atom is -0.496 e. The molecule has 1 fully saturated rings. The fraction of sp³-hybridized carbons (Fsp3) is 0.524. The predicted octanol–water partition coefficient (Wildman–Crippen LogP) is 2.63. The van der Waals surface area contributed by atoms with E-state index in [1.54, 1.807) is 7.11 Å². The summed E-state index contributed by atoms with van der Waals surface area (Å²) in [6.45, 7) is 7.79. The van der Waals surface area contributed by atoms with Gasteiger partial charge < -0.3 is 19.5 Å². The van der Waals surface area contributed by atoms with Gasteiger partial charge in [-0.1, -0.05) is 0 Å². The van der Waals surface area contributed by atoms with Crippen molar-refractivity contribution in [3.8, 4) is 5.75 Å². The first-order valence-electron chi connectivity index (χ1n) is 9.66. The number of methoxy groups -OCH3 is 1. The van der Waals surface area contributed by atoms with E-state index in [9.17, 15) is 9.59 Å². The topological polar surface area (TPSA) is 65.6 Å². The molecule has 0 aliphatic carbocycles. The molecule has 1 aromatic carbocycles. The molecule has 1 unspecified atom stereocenters. The van der Waals surface area contributed by atoms with Crippen molar-refractivity contribution in [3.63, 3.8) is 0 Å². The van der Waals surface area contributed by atoms with Crippen LogP contribution in [0.4, 0.5) is 0 Å². The number of amides is 2. The van der Waals surface area contributed by atoms with E-state index in [2.05, 4.69) is 11.9 Å². The van der Waals surface area contributed by atoms with Gasteiger partial charge >= 0.3 is 0 Å². The van der Waals surface area contributed by atoms with Crippen molar-refractivity contribution >= 4 is 22.7 Å². The van der Waals surface area contributed by atoms with Crippen LogP contribution in [0.5, 0.6) is 5.75 Å². The highest BCUT2D eigenvalue weighted by atomic mass is 16.5. The molecule has 2 amide bonds. The third kappa shape index (κ3) is 2.87. The van der Waals surface area contributed by atoms with E-state index in [1.807, 2.05) is 35.8 Å². The molecule has 144 valence electrons. The van der Waals surface area contributed by atoms with E-state index in [0.717, 1.165) is 28.9 Å². The van der Waals surface area contributed by atoms with E-state index in [1.165, 1.54) is 10.9 Å². The van der Waals surface area contributed by atoms with E-state index in [4.69, 9.17) is 4.74 Å². The summed E-state index contributed by atoms with van der Waals surface area (Å²) in [5.74, 6) is 0.733. The Morgan fingerprint density at radius 3 is 2.74 bits per heavy atom. The monoisotopic (exact) mass is 369 g/mol. The van der Waals surface area contributed by atoms with Crippen LogP contribution in [0.15, 0.2) is 12.1 Å². The van der Waals surface area contributed by atoms with Crippen LogP contribution in [0.2, 0.25) is 0 Å². The van der Waals surface area contributed by atoms with Gasteiger partial charge in [-0.15, -0.1) is 0 Å². The molecule has 4 rings (SSSR count). The van der Waals surface area contributed by atoms with Crippen molar-refractivity contribution < 1.29 is 14.3 Å². The van der Waals surface area contributed by atoms with Gasteiger partial charge in [-0.05, 0) is 44.9 Å². The molecule has 1 N–H and O–H groups in total. The Bertz CT molecular complexity index is 915. The Balaban J connectivity index is 1.65. The number of carbonyl (C=O) groups excluding carboxylic acids is 2. The lowest BCUT2D eigenvalue weighted by Crippen LogP contribution is -2.38. The largest absolute Gasteiger partial charge is 0.496 e. The third-order valence-electron chi connectivity index (χ3n) is 5.99. The molecule has 2 aromatic rings. The molecule has 6 heteroatoms. The molecule has 0 bridgehead atoms. The first-order valence-corrected chi connectivity index (χ1v) is 9.66. The van der Waals surface area contributed by atoms with Crippen molar-refractivity contribution in [2.45, 2.75) is 46.2 Å². The fourth-order valence-electron chi connectivity index (χ4n) is 4.56. The van der Waals surface area contributed by atoms with Crippen molar-refractivity contribution in [2.75, 3.05) is 20.2 Å². The summed E-state index contributed by atoms with van der Waals surface area (Å²) in [7, 11) is 1.67. The van der Waals surface area contributed by atoms with Crippen LogP contribution in [-0.2, 0) is 22.6 Å². The zero-order valence-electron chi connectivity index (χ0n) is 16.5. The zero-order valence-corrected chi connectivity index (χ0v) is 16.5. The fourth-order valence-corrected chi connectivity index (χ4v) is 4.56. The highest BCUT2D eigenvalue weighted by Crippen LogP contribution is 2.36. The van der Waals surface area contributed by atoms with Gasteiger partial charge in [0, 0.05) is 54.3 Å². The molecule has 0 radical (unpaired) electrons. The standard InChI is InChI=1S/C21H27N3O3/c1-12(2)24-10-14(9-19(24)25)21(26)23-8-7-15-13(3)22-17-5-6-18(27-4)16(11-23)20(15)17/h5-6,12,14,22H,7-11H2,1-4H3. The first kappa shape index (κ1) is 17.9. The molecule has 27 heavy (non-hydrogen) atoms. The Morgan fingerprint density at radius 2 is 2.07 bits per heavy atom. The summed E-state index contributed by atoms with van der Waals surface area (Å²) in [5, 5.41) is 1.19. The number of benzene rings is 1. The number of ether oxygens (including phenoxy) is 1. The van der Waals surface area contributed by atoms with Crippen molar-refractivity contribution in [1.29, 1.82) is 0 Å². The average molecular weight is 369 g/mol. The summed E-state index contributed by atoms with van der Waals surface area (Å²) in [5.41, 5.74) is 4.57. The minimum atomic E-state index is -0.245. The van der Waals surface area contributed by atoms with Crippen molar-refractivity contribution in [1.82, 2.24) is 14.8 Å². The second kappa shape index (κ2) is 6.59. The third-order valence-corrected chi connectivity index (χ3v) is 5.99.